The predicted molar refractivity (Wildman–Crippen MR) is 74.5 cm³/mol. The molecule has 0 aromatic heterocycles. The maximum atomic E-state index is 12.2. The van der Waals surface area contributed by atoms with E-state index in [4.69, 9.17) is 10.8 Å². The minimum atomic E-state index is -0.863. The van der Waals surface area contributed by atoms with Gasteiger partial charge in [-0.1, -0.05) is 12.1 Å². The Balaban J connectivity index is 1.97. The molecule has 4 N–H and O–H groups in total. The molecule has 1 saturated heterocycles. The van der Waals surface area contributed by atoms with E-state index in [1.165, 1.54) is 0 Å². The summed E-state index contributed by atoms with van der Waals surface area (Å²) >= 11 is 0. The van der Waals surface area contributed by atoms with Crippen molar-refractivity contribution in [2.75, 3.05) is 13.1 Å². The van der Waals surface area contributed by atoms with E-state index in [0.29, 0.717) is 25.1 Å². The van der Waals surface area contributed by atoms with Crippen LogP contribution in [-0.2, 0) is 11.3 Å². The molecule has 1 aromatic carbocycles. The number of carbonyl (C=O) groups is 3. The number of nitrogens with one attached hydrogen (secondary N) is 1. The van der Waals surface area contributed by atoms with Gasteiger partial charge in [-0.15, -0.1) is 0 Å². The van der Waals surface area contributed by atoms with Gasteiger partial charge in [0.1, 0.15) is 0 Å². The Morgan fingerprint density at radius 1 is 1.29 bits per heavy atom. The standard InChI is InChI=1S/C14H17N3O4/c15-14(21)16-7-9-1-3-10(4-2-9)12(18)17-6-5-11(8-17)13(19)20/h1-4,11H,5-8H2,(H,19,20)(H3,15,16,21). The number of benzene rings is 1. The summed E-state index contributed by atoms with van der Waals surface area (Å²) in [5.41, 5.74) is 6.31. The van der Waals surface area contributed by atoms with E-state index in [9.17, 15) is 14.4 Å². The Hall–Kier alpha value is -2.57. The Morgan fingerprint density at radius 2 is 1.95 bits per heavy atom. The zero-order chi connectivity index (χ0) is 15.4. The number of nitrogens with zero attached hydrogens (tertiary/aromatic N) is 1. The fraction of sp³-hybridized carbons (Fsp3) is 0.357. The number of hydrogen-bond acceptors (Lipinski definition) is 3. The van der Waals surface area contributed by atoms with Gasteiger partial charge >= 0.3 is 12.0 Å². The van der Waals surface area contributed by atoms with E-state index in [0.717, 1.165) is 5.56 Å². The molecule has 1 fully saturated rings. The summed E-state index contributed by atoms with van der Waals surface area (Å²) in [6.45, 7) is 1.01. The number of hydrogen-bond donors (Lipinski definition) is 3. The third-order valence-electron chi connectivity index (χ3n) is 3.49. The van der Waals surface area contributed by atoms with Crippen molar-refractivity contribution >= 4 is 17.9 Å². The maximum Gasteiger partial charge on any atom is 0.312 e. The van der Waals surface area contributed by atoms with Crippen LogP contribution >= 0.6 is 0 Å². The van der Waals surface area contributed by atoms with Crippen LogP contribution in [-0.4, -0.2) is 41.0 Å². The van der Waals surface area contributed by atoms with E-state index < -0.39 is 17.9 Å². The molecule has 0 aliphatic carbocycles. The van der Waals surface area contributed by atoms with Crippen LogP contribution in [0, 0.1) is 5.92 Å². The summed E-state index contributed by atoms with van der Waals surface area (Å²) in [7, 11) is 0. The number of nitrogens with two attached hydrogens (primary N) is 1. The van der Waals surface area contributed by atoms with Gasteiger partial charge in [0.25, 0.3) is 5.91 Å². The van der Waals surface area contributed by atoms with E-state index >= 15 is 0 Å². The van der Waals surface area contributed by atoms with Gasteiger partial charge in [-0.05, 0) is 24.1 Å². The molecule has 7 heteroatoms. The molecule has 0 saturated carbocycles. The van der Waals surface area contributed by atoms with Gasteiger partial charge in [0.2, 0.25) is 0 Å². The van der Waals surface area contributed by atoms with Crippen LogP contribution in [0.4, 0.5) is 4.79 Å². The van der Waals surface area contributed by atoms with E-state index in [1.807, 2.05) is 0 Å². The summed E-state index contributed by atoms with van der Waals surface area (Å²) in [6.07, 6.45) is 0.488. The Morgan fingerprint density at radius 3 is 2.48 bits per heavy atom. The number of carboxylic acid groups (broad SMARTS) is 1. The molecule has 1 heterocycles. The molecule has 1 atom stereocenters. The molecule has 1 aliphatic heterocycles. The third kappa shape index (κ3) is 3.71. The maximum absolute atomic E-state index is 12.2. The molecular weight excluding hydrogens is 274 g/mol. The van der Waals surface area contributed by atoms with Gasteiger partial charge in [-0.3, -0.25) is 9.59 Å². The highest BCUT2D eigenvalue weighted by atomic mass is 16.4. The van der Waals surface area contributed by atoms with E-state index in [2.05, 4.69) is 5.32 Å². The Bertz CT molecular complexity index is 556. The zero-order valence-electron chi connectivity index (χ0n) is 11.4. The fourth-order valence-electron chi connectivity index (χ4n) is 2.28. The lowest BCUT2D eigenvalue weighted by Crippen LogP contribution is -2.30. The summed E-state index contributed by atoms with van der Waals surface area (Å²) in [5, 5.41) is 11.4. The predicted octanol–water partition coefficient (Wildman–Crippen LogP) is 0.402. The van der Waals surface area contributed by atoms with Crippen LogP contribution in [0.1, 0.15) is 22.3 Å². The molecule has 1 aromatic rings. The lowest BCUT2D eigenvalue weighted by Gasteiger charge is -2.16. The number of rotatable bonds is 4. The number of urea groups is 1. The highest BCUT2D eigenvalue weighted by Crippen LogP contribution is 2.19. The summed E-state index contributed by atoms with van der Waals surface area (Å²) in [6, 6.07) is 6.18. The first-order valence-electron chi connectivity index (χ1n) is 6.61. The second-order valence-electron chi connectivity index (χ2n) is 4.99. The molecule has 7 nitrogen and oxygen atoms in total. The van der Waals surface area contributed by atoms with Crippen LogP contribution in [0.3, 0.4) is 0 Å². The van der Waals surface area contributed by atoms with Gasteiger partial charge in [-0.25, -0.2) is 4.79 Å². The van der Waals surface area contributed by atoms with Crippen molar-refractivity contribution in [1.82, 2.24) is 10.2 Å². The minimum Gasteiger partial charge on any atom is -0.481 e. The van der Waals surface area contributed by atoms with Gasteiger partial charge in [0.15, 0.2) is 0 Å². The SMILES string of the molecule is NC(=O)NCc1ccc(C(=O)N2CCC(C(=O)O)C2)cc1. The zero-order valence-corrected chi connectivity index (χ0v) is 11.4. The second kappa shape index (κ2) is 6.25. The molecule has 2 rings (SSSR count). The quantitative estimate of drug-likeness (QED) is 0.745. The van der Waals surface area contributed by atoms with Crippen molar-refractivity contribution in [3.8, 4) is 0 Å². The third-order valence-corrected chi connectivity index (χ3v) is 3.49. The number of likely N-dealkylation sites (tertiary alicyclic amines) is 1. The number of aliphatic carboxylic acids is 1. The fourth-order valence-corrected chi connectivity index (χ4v) is 2.28. The lowest BCUT2D eigenvalue weighted by molar-refractivity contribution is -0.141. The number of carboxylic acids is 1. The van der Waals surface area contributed by atoms with Crippen LogP contribution in [0.2, 0.25) is 0 Å². The molecular formula is C14H17N3O4. The van der Waals surface area contributed by atoms with Gasteiger partial charge in [-0.2, -0.15) is 0 Å². The molecule has 112 valence electrons. The largest absolute Gasteiger partial charge is 0.481 e. The first-order chi connectivity index (χ1) is 9.97. The van der Waals surface area contributed by atoms with Crippen molar-refractivity contribution in [1.29, 1.82) is 0 Å². The highest BCUT2D eigenvalue weighted by Gasteiger charge is 2.31. The number of carbonyl (C=O) groups excluding carboxylic acids is 2. The van der Waals surface area contributed by atoms with Crippen molar-refractivity contribution < 1.29 is 19.5 Å². The van der Waals surface area contributed by atoms with Crippen LogP contribution in [0.5, 0.6) is 0 Å². The van der Waals surface area contributed by atoms with Crippen LogP contribution in [0.15, 0.2) is 24.3 Å². The summed E-state index contributed by atoms with van der Waals surface area (Å²) in [5.74, 6) is -1.51. The molecule has 3 amide bonds. The van der Waals surface area contributed by atoms with Gasteiger partial charge in [0, 0.05) is 25.2 Å². The molecule has 1 aliphatic rings. The first-order valence-corrected chi connectivity index (χ1v) is 6.61. The second-order valence-corrected chi connectivity index (χ2v) is 4.99. The monoisotopic (exact) mass is 291 g/mol. The normalized spacial score (nSPS) is 17.5. The van der Waals surface area contributed by atoms with E-state index in [-0.39, 0.29) is 12.5 Å². The number of amides is 3. The summed E-state index contributed by atoms with van der Waals surface area (Å²) < 4.78 is 0. The molecule has 1 unspecified atom stereocenters. The topological polar surface area (TPSA) is 113 Å². The van der Waals surface area contributed by atoms with Crippen LogP contribution in [0.25, 0.3) is 0 Å². The molecule has 21 heavy (non-hydrogen) atoms. The number of primary amides is 1. The Labute approximate surface area is 121 Å². The van der Waals surface area contributed by atoms with Crippen molar-refractivity contribution in [3.63, 3.8) is 0 Å². The average molecular weight is 291 g/mol. The summed E-state index contributed by atoms with van der Waals surface area (Å²) in [4.78, 5) is 35.3. The Kier molecular flexibility index (Phi) is 4.42. The van der Waals surface area contributed by atoms with Crippen LogP contribution < -0.4 is 11.1 Å². The van der Waals surface area contributed by atoms with Gasteiger partial charge in [0.05, 0.1) is 5.92 Å². The smallest absolute Gasteiger partial charge is 0.312 e. The average Bonchev–Trinajstić information content (AvgIpc) is 2.95. The van der Waals surface area contributed by atoms with Gasteiger partial charge < -0.3 is 21.1 Å². The minimum absolute atomic E-state index is 0.173. The molecule has 0 spiro atoms. The van der Waals surface area contributed by atoms with Crippen molar-refractivity contribution in [2.24, 2.45) is 11.7 Å². The lowest BCUT2D eigenvalue weighted by atomic mass is 10.1. The van der Waals surface area contributed by atoms with E-state index in [1.54, 1.807) is 29.2 Å². The molecule has 0 radical (unpaired) electrons. The van der Waals surface area contributed by atoms with Crippen molar-refractivity contribution in [3.05, 3.63) is 35.4 Å². The highest BCUT2D eigenvalue weighted by molar-refractivity contribution is 5.94. The first kappa shape index (κ1) is 14.8. The molecule has 0 bridgehead atoms. The van der Waals surface area contributed by atoms with Crippen molar-refractivity contribution in [2.45, 2.75) is 13.0 Å².